The van der Waals surface area contributed by atoms with Crippen LogP contribution in [0, 0.1) is 0 Å². The summed E-state index contributed by atoms with van der Waals surface area (Å²) in [6.07, 6.45) is 7.17. The fraction of sp³-hybridized carbons (Fsp3) is 0.0417. The summed E-state index contributed by atoms with van der Waals surface area (Å²) in [5.41, 5.74) is 1.24. The minimum Gasteiger partial charge on any atom is -0.484 e. The number of halogens is 1. The van der Waals surface area contributed by atoms with E-state index < -0.39 is 16.1 Å². The lowest BCUT2D eigenvalue weighted by atomic mass is 9.92. The van der Waals surface area contributed by atoms with Gasteiger partial charge in [0.15, 0.2) is 16.1 Å². The van der Waals surface area contributed by atoms with Crippen molar-refractivity contribution in [3.63, 3.8) is 0 Å². The van der Waals surface area contributed by atoms with Gasteiger partial charge in [0, 0.05) is 11.5 Å². The first-order valence-electron chi connectivity index (χ1n) is 17.9. The van der Waals surface area contributed by atoms with E-state index in [2.05, 4.69) is 228 Å². The van der Waals surface area contributed by atoms with Crippen molar-refractivity contribution in [1.82, 2.24) is 0 Å². The van der Waals surface area contributed by atoms with Crippen molar-refractivity contribution in [2.24, 2.45) is 0 Å². The van der Waals surface area contributed by atoms with Gasteiger partial charge in [-0.2, -0.15) is 0 Å². The summed E-state index contributed by atoms with van der Waals surface area (Å²) in [4.78, 5) is 0. The normalized spacial score (nSPS) is 16.4. The highest BCUT2D eigenvalue weighted by molar-refractivity contribution is 9.10. The van der Waals surface area contributed by atoms with Gasteiger partial charge in [-0.15, -0.1) is 0 Å². The Hall–Kier alpha value is -5.27. The predicted molar refractivity (Wildman–Crippen MR) is 226 cm³/mol. The zero-order valence-corrected chi connectivity index (χ0v) is 32.2. The molecule has 1 aliphatic heterocycles. The molecule has 7 aromatic carbocycles. The van der Waals surface area contributed by atoms with Gasteiger partial charge < -0.3 is 4.74 Å². The lowest BCUT2D eigenvalue weighted by molar-refractivity contribution is 0.267. The van der Waals surface area contributed by atoms with Crippen LogP contribution in [0.5, 0.6) is 5.75 Å². The molecule has 0 N–H and O–H groups in total. The molecule has 7 aromatic rings. The van der Waals surface area contributed by atoms with E-state index in [1.165, 1.54) is 47.1 Å². The Morgan fingerprint density at radius 3 is 1.17 bits per heavy atom. The standard InChI is InChI=1S/C48H37BrOSi2/c49-46-35-43(52(39-25-13-4-14-26-39,40-27-15-5-16-28-40)41-29-17-6-18-30-41)34-45-44-33-42(31-32-47(44)50-48(45)46)51(36-19-7-1-8-20-36,37-21-9-2-10-22-37)38-23-11-3-12-24-38/h1-35,44,47H. The molecule has 0 aromatic heterocycles. The van der Waals surface area contributed by atoms with Crippen molar-refractivity contribution < 1.29 is 4.74 Å². The molecule has 0 saturated carbocycles. The quantitative estimate of drug-likeness (QED) is 0.121. The monoisotopic (exact) mass is 764 g/mol. The smallest absolute Gasteiger partial charge is 0.179 e. The molecule has 2 unspecified atom stereocenters. The van der Waals surface area contributed by atoms with Gasteiger partial charge in [0.05, 0.1) is 4.47 Å². The molecule has 0 bridgehead atoms. The van der Waals surface area contributed by atoms with Crippen molar-refractivity contribution >= 4 is 68.4 Å². The topological polar surface area (TPSA) is 9.23 Å². The van der Waals surface area contributed by atoms with Crippen molar-refractivity contribution in [3.05, 3.63) is 228 Å². The molecule has 0 saturated heterocycles. The fourth-order valence-corrected chi connectivity index (χ4v) is 19.2. The number of ether oxygens (including phenoxy) is 1. The average molecular weight is 766 g/mol. The lowest BCUT2D eigenvalue weighted by Gasteiger charge is -2.37. The molecule has 0 spiro atoms. The second-order valence-corrected chi connectivity index (χ2v) is 22.1. The maximum Gasteiger partial charge on any atom is 0.179 e. The Balaban J connectivity index is 1.30. The van der Waals surface area contributed by atoms with Gasteiger partial charge in [0.2, 0.25) is 0 Å². The summed E-state index contributed by atoms with van der Waals surface area (Å²) in [6, 6.07) is 71.8. The minimum atomic E-state index is -2.76. The highest BCUT2D eigenvalue weighted by Gasteiger charge is 2.47. The highest BCUT2D eigenvalue weighted by atomic mass is 79.9. The Labute approximate surface area is 316 Å². The molecule has 250 valence electrons. The zero-order chi connectivity index (χ0) is 35.0. The van der Waals surface area contributed by atoms with Crippen molar-refractivity contribution in [3.8, 4) is 5.75 Å². The third-order valence-corrected chi connectivity index (χ3v) is 21.1. The Morgan fingerprint density at radius 1 is 0.423 bits per heavy atom. The summed E-state index contributed by atoms with van der Waals surface area (Å²) >= 11 is 4.07. The van der Waals surface area contributed by atoms with Crippen LogP contribution in [0.15, 0.2) is 222 Å². The van der Waals surface area contributed by atoms with E-state index in [0.717, 1.165) is 10.2 Å². The number of allylic oxidation sites excluding steroid dienone is 2. The van der Waals surface area contributed by atoms with Gasteiger partial charge in [0.25, 0.3) is 0 Å². The van der Waals surface area contributed by atoms with Crippen molar-refractivity contribution in [1.29, 1.82) is 0 Å². The lowest BCUT2D eigenvalue weighted by Crippen LogP contribution is -2.74. The second kappa shape index (κ2) is 13.7. The Morgan fingerprint density at radius 2 is 0.788 bits per heavy atom. The van der Waals surface area contributed by atoms with Gasteiger partial charge in [-0.25, -0.2) is 0 Å². The maximum absolute atomic E-state index is 6.86. The van der Waals surface area contributed by atoms with E-state index in [4.69, 9.17) is 4.74 Å². The first-order chi connectivity index (χ1) is 25.7. The van der Waals surface area contributed by atoms with Gasteiger partial charge in [0.1, 0.15) is 11.9 Å². The van der Waals surface area contributed by atoms with E-state index in [0.29, 0.717) is 0 Å². The average Bonchev–Trinajstić information content (AvgIpc) is 3.60. The molecule has 2 aliphatic rings. The molecule has 1 nitrogen and oxygen atoms in total. The molecule has 0 radical (unpaired) electrons. The summed E-state index contributed by atoms with van der Waals surface area (Å²) < 4.78 is 7.87. The third kappa shape index (κ3) is 5.24. The molecular weight excluding hydrogens is 729 g/mol. The number of hydrogen-bond acceptors (Lipinski definition) is 1. The molecule has 0 amide bonds. The van der Waals surface area contributed by atoms with Crippen LogP contribution < -0.4 is 41.0 Å². The van der Waals surface area contributed by atoms with Crippen LogP contribution in [0.25, 0.3) is 0 Å². The molecule has 0 fully saturated rings. The largest absolute Gasteiger partial charge is 0.484 e. The summed E-state index contributed by atoms with van der Waals surface area (Å²) in [5, 5.41) is 10.9. The number of hydrogen-bond donors (Lipinski definition) is 0. The van der Waals surface area contributed by atoms with E-state index in [-0.39, 0.29) is 12.0 Å². The molecule has 1 heterocycles. The maximum atomic E-state index is 6.86. The van der Waals surface area contributed by atoms with E-state index in [9.17, 15) is 0 Å². The number of benzene rings is 7. The van der Waals surface area contributed by atoms with Crippen LogP contribution in [0.4, 0.5) is 0 Å². The summed E-state index contributed by atoms with van der Waals surface area (Å²) in [5.74, 6) is 1.01. The molecule has 4 heteroatoms. The van der Waals surface area contributed by atoms with E-state index in [1.54, 1.807) is 0 Å². The van der Waals surface area contributed by atoms with E-state index in [1.807, 2.05) is 0 Å². The van der Waals surface area contributed by atoms with Crippen LogP contribution in [0.2, 0.25) is 0 Å². The van der Waals surface area contributed by atoms with E-state index >= 15 is 0 Å². The van der Waals surface area contributed by atoms with Crippen LogP contribution in [0.1, 0.15) is 11.5 Å². The van der Waals surface area contributed by atoms with Crippen molar-refractivity contribution in [2.75, 3.05) is 0 Å². The van der Waals surface area contributed by atoms with Gasteiger partial charge >= 0.3 is 0 Å². The minimum absolute atomic E-state index is 0.0586. The van der Waals surface area contributed by atoms with Crippen LogP contribution in [-0.2, 0) is 0 Å². The first kappa shape index (κ1) is 32.6. The van der Waals surface area contributed by atoms with Crippen LogP contribution in [0.3, 0.4) is 0 Å². The molecular formula is C48H37BrOSi2. The highest BCUT2D eigenvalue weighted by Crippen LogP contribution is 2.46. The molecule has 2 atom stereocenters. The van der Waals surface area contributed by atoms with Crippen LogP contribution >= 0.6 is 15.9 Å². The zero-order valence-electron chi connectivity index (χ0n) is 28.6. The predicted octanol–water partition coefficient (Wildman–Crippen LogP) is 6.88. The summed E-state index contributed by atoms with van der Waals surface area (Å²) in [7, 11) is -5.47. The van der Waals surface area contributed by atoms with Crippen LogP contribution in [-0.4, -0.2) is 22.3 Å². The van der Waals surface area contributed by atoms with Gasteiger partial charge in [-0.1, -0.05) is 200 Å². The SMILES string of the molecule is Brc1cc([Si](c2ccccc2)(c2ccccc2)c2ccccc2)cc2c1OC1C=CC([Si](c3ccccc3)(c3ccccc3)c3ccccc3)=CC21. The molecule has 9 rings (SSSR count). The molecule has 1 aliphatic carbocycles. The van der Waals surface area contributed by atoms with Gasteiger partial charge in [-0.05, 0) is 69.6 Å². The number of fused-ring (bicyclic) bond motifs is 3. The summed E-state index contributed by atoms with van der Waals surface area (Å²) in [6.45, 7) is 0. The molecule has 52 heavy (non-hydrogen) atoms. The third-order valence-electron chi connectivity index (χ3n) is 11.0. The Kier molecular flexibility index (Phi) is 8.60. The second-order valence-electron chi connectivity index (χ2n) is 13.7. The fourth-order valence-electron chi connectivity index (χ4n) is 8.76. The van der Waals surface area contributed by atoms with Crippen molar-refractivity contribution in [2.45, 2.75) is 12.0 Å². The van der Waals surface area contributed by atoms with Gasteiger partial charge in [-0.3, -0.25) is 0 Å². The number of rotatable bonds is 8. The Bertz CT molecular complexity index is 2190. The first-order valence-corrected chi connectivity index (χ1v) is 22.7.